The molecular weight excluding hydrogens is 416 g/mol. The second kappa shape index (κ2) is 10.3. The van der Waals surface area contributed by atoms with Gasteiger partial charge in [0.25, 0.3) is 5.91 Å². The van der Waals surface area contributed by atoms with E-state index in [0.717, 1.165) is 16.8 Å². The van der Waals surface area contributed by atoms with Gasteiger partial charge in [-0.15, -0.1) is 0 Å². The molecule has 0 aliphatic carbocycles. The molecule has 0 saturated carbocycles. The number of nitrogens with zero attached hydrogens (tertiary/aromatic N) is 2. The van der Waals surface area contributed by atoms with Crippen molar-refractivity contribution in [2.24, 2.45) is 11.0 Å². The highest BCUT2D eigenvalue weighted by Crippen LogP contribution is 2.27. The number of carbonyl (C=O) groups is 2. The average molecular weight is 443 g/mol. The smallest absolute Gasteiger partial charge is 0.319 e. The maximum atomic E-state index is 12.9. The molecule has 1 heterocycles. The minimum atomic E-state index is -0.391. The first kappa shape index (κ1) is 22.6. The van der Waals surface area contributed by atoms with Crippen LogP contribution < -0.4 is 15.4 Å². The fourth-order valence-corrected chi connectivity index (χ4v) is 3.71. The van der Waals surface area contributed by atoms with Gasteiger partial charge >= 0.3 is 6.03 Å². The number of amides is 3. The van der Waals surface area contributed by atoms with Crippen LogP contribution in [0.2, 0.25) is 5.02 Å². The normalized spacial score (nSPS) is 15.6. The summed E-state index contributed by atoms with van der Waals surface area (Å²) in [4.78, 5) is 25.2. The fourth-order valence-electron chi connectivity index (χ4n) is 3.54. The van der Waals surface area contributed by atoms with Gasteiger partial charge in [0.15, 0.2) is 0 Å². The van der Waals surface area contributed by atoms with E-state index in [2.05, 4.69) is 15.7 Å². The van der Waals surface area contributed by atoms with E-state index in [-0.39, 0.29) is 11.8 Å². The number of nitrogens with one attached hydrogen (secondary N) is 2. The van der Waals surface area contributed by atoms with E-state index < -0.39 is 6.03 Å². The number of hydrazone groups is 1. The summed E-state index contributed by atoms with van der Waals surface area (Å²) in [5, 5.41) is 12.1. The van der Waals surface area contributed by atoms with Crippen molar-refractivity contribution in [3.05, 3.63) is 58.6 Å². The zero-order valence-corrected chi connectivity index (χ0v) is 18.7. The molecule has 0 saturated heterocycles. The Morgan fingerprint density at radius 3 is 2.74 bits per heavy atom. The van der Waals surface area contributed by atoms with E-state index in [9.17, 15) is 9.59 Å². The lowest BCUT2D eigenvalue weighted by molar-refractivity contribution is -0.132. The Kier molecular flexibility index (Phi) is 7.52. The molecule has 1 atom stereocenters. The number of benzene rings is 2. The minimum absolute atomic E-state index is 0.0289. The van der Waals surface area contributed by atoms with E-state index in [1.807, 2.05) is 38.1 Å². The van der Waals surface area contributed by atoms with E-state index in [4.69, 9.17) is 16.3 Å². The Morgan fingerprint density at radius 1 is 1.26 bits per heavy atom. The number of hydrogen-bond donors (Lipinski definition) is 2. The topological polar surface area (TPSA) is 83.0 Å². The van der Waals surface area contributed by atoms with Gasteiger partial charge in [-0.3, -0.25) is 4.79 Å². The highest BCUT2D eigenvalue weighted by molar-refractivity contribution is 6.31. The van der Waals surface area contributed by atoms with Crippen molar-refractivity contribution >= 4 is 34.9 Å². The Hall–Kier alpha value is -3.06. The van der Waals surface area contributed by atoms with Crippen LogP contribution in [0, 0.1) is 12.8 Å². The van der Waals surface area contributed by atoms with Crippen LogP contribution in [0.3, 0.4) is 0 Å². The van der Waals surface area contributed by atoms with E-state index in [0.29, 0.717) is 42.4 Å². The third-order valence-corrected chi connectivity index (χ3v) is 5.51. The molecule has 1 aliphatic heterocycles. The number of aryl methyl sites for hydroxylation is 1. The van der Waals surface area contributed by atoms with Gasteiger partial charge in [0.2, 0.25) is 0 Å². The molecule has 164 valence electrons. The molecule has 2 aromatic rings. The van der Waals surface area contributed by atoms with Crippen LogP contribution in [0.15, 0.2) is 47.6 Å². The van der Waals surface area contributed by atoms with Crippen molar-refractivity contribution in [3.63, 3.8) is 0 Å². The predicted octanol–water partition coefficient (Wildman–Crippen LogP) is 4.59. The van der Waals surface area contributed by atoms with Gasteiger partial charge in [0.05, 0.1) is 31.0 Å². The molecular formula is C23H27ClN4O3. The minimum Gasteiger partial charge on any atom is -0.495 e. The molecule has 0 fully saturated rings. The van der Waals surface area contributed by atoms with Crippen LogP contribution in [-0.4, -0.2) is 36.3 Å². The second-order valence-electron chi connectivity index (χ2n) is 7.33. The van der Waals surface area contributed by atoms with Gasteiger partial charge in [0, 0.05) is 11.6 Å². The van der Waals surface area contributed by atoms with Crippen LogP contribution in [0.5, 0.6) is 5.75 Å². The zero-order valence-electron chi connectivity index (χ0n) is 17.9. The molecule has 0 radical (unpaired) electrons. The van der Waals surface area contributed by atoms with E-state index in [1.165, 1.54) is 7.11 Å². The van der Waals surface area contributed by atoms with Gasteiger partial charge in [-0.1, -0.05) is 42.8 Å². The van der Waals surface area contributed by atoms with Crippen LogP contribution in [-0.2, 0) is 11.3 Å². The molecule has 2 N–H and O–H groups in total. The highest BCUT2D eigenvalue weighted by atomic mass is 35.5. The average Bonchev–Trinajstić information content (AvgIpc) is 3.05. The number of urea groups is 1. The molecule has 2 aromatic carbocycles. The largest absolute Gasteiger partial charge is 0.495 e. The monoisotopic (exact) mass is 442 g/mol. The van der Waals surface area contributed by atoms with Crippen molar-refractivity contribution < 1.29 is 14.3 Å². The summed E-state index contributed by atoms with van der Waals surface area (Å²) in [7, 11) is 1.52. The number of hydrogen-bond acceptors (Lipinski definition) is 4. The second-order valence-corrected chi connectivity index (χ2v) is 7.77. The predicted molar refractivity (Wildman–Crippen MR) is 123 cm³/mol. The quantitative estimate of drug-likeness (QED) is 0.627. The maximum absolute atomic E-state index is 12.9. The third kappa shape index (κ3) is 5.55. The number of anilines is 1. The lowest BCUT2D eigenvalue weighted by atomic mass is 9.97. The van der Waals surface area contributed by atoms with Crippen LogP contribution in [0.4, 0.5) is 10.5 Å². The van der Waals surface area contributed by atoms with E-state index >= 15 is 0 Å². The van der Waals surface area contributed by atoms with Crippen molar-refractivity contribution in [3.8, 4) is 5.75 Å². The number of methoxy groups -OCH3 is 1. The lowest BCUT2D eigenvalue weighted by Gasteiger charge is -2.16. The van der Waals surface area contributed by atoms with Crippen LogP contribution in [0.1, 0.15) is 30.9 Å². The number of rotatable bonds is 8. The number of ether oxygens (including phenoxy) is 1. The summed E-state index contributed by atoms with van der Waals surface area (Å²) in [5.41, 5.74) is 3.52. The van der Waals surface area contributed by atoms with Crippen LogP contribution in [0.25, 0.3) is 0 Å². The first-order valence-corrected chi connectivity index (χ1v) is 10.6. The molecule has 31 heavy (non-hydrogen) atoms. The molecule has 3 amide bonds. The van der Waals surface area contributed by atoms with Crippen molar-refractivity contribution in [2.45, 2.75) is 33.2 Å². The molecule has 3 rings (SSSR count). The third-order valence-electron chi connectivity index (χ3n) is 5.28. The molecule has 0 bridgehead atoms. The first-order valence-electron chi connectivity index (χ1n) is 10.2. The highest BCUT2D eigenvalue weighted by Gasteiger charge is 2.34. The molecule has 0 aromatic heterocycles. The molecule has 8 heteroatoms. The molecule has 7 nitrogen and oxygen atoms in total. The zero-order chi connectivity index (χ0) is 22.4. The molecule has 1 unspecified atom stereocenters. The fraction of sp³-hybridized carbons (Fsp3) is 0.348. The summed E-state index contributed by atoms with van der Waals surface area (Å²) < 4.78 is 5.23. The van der Waals surface area contributed by atoms with Gasteiger partial charge in [-0.2, -0.15) is 5.10 Å². The lowest BCUT2D eigenvalue weighted by Crippen LogP contribution is -2.34. The first-order chi connectivity index (χ1) is 14.9. The van der Waals surface area contributed by atoms with Crippen molar-refractivity contribution in [2.75, 3.05) is 19.0 Å². The number of halogens is 1. The van der Waals surface area contributed by atoms with Gasteiger partial charge in [-0.25, -0.2) is 9.80 Å². The summed E-state index contributed by atoms with van der Waals surface area (Å²) in [6, 6.07) is 12.6. The van der Waals surface area contributed by atoms with Gasteiger partial charge in [-0.05, 0) is 49.1 Å². The summed E-state index contributed by atoms with van der Waals surface area (Å²) in [5.74, 6) is 0.159. The number of carbonyl (C=O) groups excluding carboxylic acids is 2. The standard InChI is InChI=1S/C23H27ClN4O3/c1-4-19-18(22(29)28(27-19)14-16-8-6-5-7-15(16)2)11-12-25-23(30)26-20-13-17(24)9-10-21(20)31-3/h5-10,13,18H,4,11-12,14H2,1-3H3,(H2,25,26,30). The summed E-state index contributed by atoms with van der Waals surface area (Å²) >= 11 is 5.99. The Bertz CT molecular complexity index is 993. The summed E-state index contributed by atoms with van der Waals surface area (Å²) in [6.45, 7) is 4.80. The van der Waals surface area contributed by atoms with Crippen LogP contribution >= 0.6 is 11.6 Å². The Morgan fingerprint density at radius 2 is 2.03 bits per heavy atom. The maximum Gasteiger partial charge on any atom is 0.319 e. The van der Waals surface area contributed by atoms with Crippen molar-refractivity contribution in [1.82, 2.24) is 10.3 Å². The SMILES string of the molecule is CCC1=NN(Cc2ccccc2C)C(=O)C1CCNC(=O)Nc1cc(Cl)ccc1OC. The summed E-state index contributed by atoms with van der Waals surface area (Å²) in [6.07, 6.45) is 1.17. The van der Waals surface area contributed by atoms with E-state index in [1.54, 1.807) is 23.2 Å². The molecule has 0 spiro atoms. The van der Waals surface area contributed by atoms with Gasteiger partial charge in [0.1, 0.15) is 5.75 Å². The Balaban J connectivity index is 1.56. The van der Waals surface area contributed by atoms with Gasteiger partial charge < -0.3 is 15.4 Å². The Labute approximate surface area is 187 Å². The molecule has 1 aliphatic rings. The van der Waals surface area contributed by atoms with Crippen molar-refractivity contribution in [1.29, 1.82) is 0 Å².